The predicted octanol–water partition coefficient (Wildman–Crippen LogP) is 1.87. The molecule has 0 saturated carbocycles. The monoisotopic (exact) mass is 274 g/mol. The first-order valence-electron chi connectivity index (χ1n) is 6.69. The molecule has 0 radical (unpaired) electrons. The van der Waals surface area contributed by atoms with Crippen molar-refractivity contribution in [3.8, 4) is 0 Å². The van der Waals surface area contributed by atoms with E-state index in [0.29, 0.717) is 12.2 Å². The average molecular weight is 274 g/mol. The van der Waals surface area contributed by atoms with Gasteiger partial charge in [0.25, 0.3) is 0 Å². The molecule has 0 amide bonds. The zero-order valence-electron chi connectivity index (χ0n) is 10.7. The van der Waals surface area contributed by atoms with Gasteiger partial charge < -0.3 is 9.88 Å². The summed E-state index contributed by atoms with van der Waals surface area (Å²) in [6.07, 6.45) is -2.72. The lowest BCUT2D eigenvalue weighted by Crippen LogP contribution is -2.33. The molecule has 3 rings (SSSR count). The SMILES string of the molecule is CC1NCCC1c1nnc2n1CC(C(F)(F)F)CC2. The lowest BCUT2D eigenvalue weighted by molar-refractivity contribution is -0.182. The van der Waals surface area contributed by atoms with Crippen molar-refractivity contribution in [2.24, 2.45) is 5.92 Å². The van der Waals surface area contributed by atoms with E-state index in [2.05, 4.69) is 15.5 Å². The third kappa shape index (κ3) is 2.24. The molecule has 1 aromatic rings. The molecule has 0 aliphatic carbocycles. The van der Waals surface area contributed by atoms with E-state index in [-0.39, 0.29) is 24.9 Å². The molecule has 1 aromatic heterocycles. The Morgan fingerprint density at radius 1 is 1.26 bits per heavy atom. The molecule has 3 unspecified atom stereocenters. The Kier molecular flexibility index (Phi) is 3.03. The number of nitrogens with zero attached hydrogens (tertiary/aromatic N) is 3. The van der Waals surface area contributed by atoms with Crippen LogP contribution in [-0.2, 0) is 13.0 Å². The van der Waals surface area contributed by atoms with Gasteiger partial charge in [0.15, 0.2) is 0 Å². The van der Waals surface area contributed by atoms with E-state index < -0.39 is 12.1 Å². The fraction of sp³-hybridized carbons (Fsp3) is 0.833. The molecule has 0 bridgehead atoms. The highest BCUT2D eigenvalue weighted by Gasteiger charge is 2.43. The Labute approximate surface area is 109 Å². The zero-order valence-corrected chi connectivity index (χ0v) is 10.7. The second-order valence-corrected chi connectivity index (χ2v) is 5.50. The maximum absolute atomic E-state index is 12.9. The molecule has 0 spiro atoms. The van der Waals surface area contributed by atoms with Crippen LogP contribution in [0.25, 0.3) is 0 Å². The molecule has 1 fully saturated rings. The van der Waals surface area contributed by atoms with Crippen LogP contribution in [0.1, 0.15) is 37.3 Å². The summed E-state index contributed by atoms with van der Waals surface area (Å²) in [5.74, 6) is 0.337. The number of aromatic nitrogens is 3. The van der Waals surface area contributed by atoms with Crippen LogP contribution in [-0.4, -0.2) is 33.5 Å². The lowest BCUT2D eigenvalue weighted by Gasteiger charge is -2.27. The van der Waals surface area contributed by atoms with Crippen LogP contribution < -0.4 is 5.32 Å². The van der Waals surface area contributed by atoms with Crippen LogP contribution >= 0.6 is 0 Å². The lowest BCUT2D eigenvalue weighted by atomic mass is 9.96. The number of nitrogens with one attached hydrogen (secondary N) is 1. The van der Waals surface area contributed by atoms with Crippen molar-refractivity contribution in [1.82, 2.24) is 20.1 Å². The number of hydrogen-bond donors (Lipinski definition) is 1. The van der Waals surface area contributed by atoms with Crippen LogP contribution in [0.4, 0.5) is 13.2 Å². The Balaban J connectivity index is 1.88. The summed E-state index contributed by atoms with van der Waals surface area (Å²) < 4.78 is 40.3. The molecule has 2 aliphatic heterocycles. The molecule has 106 valence electrons. The Bertz CT molecular complexity index is 468. The second kappa shape index (κ2) is 4.47. The number of aryl methyl sites for hydroxylation is 1. The van der Waals surface area contributed by atoms with E-state index >= 15 is 0 Å². The molecule has 0 aromatic carbocycles. The Morgan fingerprint density at radius 2 is 2.05 bits per heavy atom. The number of fused-ring (bicyclic) bond motifs is 1. The van der Waals surface area contributed by atoms with Gasteiger partial charge in [-0.3, -0.25) is 0 Å². The van der Waals surface area contributed by atoms with Crippen molar-refractivity contribution in [2.75, 3.05) is 6.54 Å². The van der Waals surface area contributed by atoms with E-state index in [0.717, 1.165) is 18.8 Å². The van der Waals surface area contributed by atoms with Crippen molar-refractivity contribution >= 4 is 0 Å². The molecule has 1 saturated heterocycles. The first kappa shape index (κ1) is 12.9. The zero-order chi connectivity index (χ0) is 13.6. The Morgan fingerprint density at radius 3 is 2.68 bits per heavy atom. The molecule has 3 atom stereocenters. The van der Waals surface area contributed by atoms with E-state index in [1.165, 1.54) is 0 Å². The molecular weight excluding hydrogens is 257 g/mol. The summed E-state index contributed by atoms with van der Waals surface area (Å²) in [5.41, 5.74) is 0. The largest absolute Gasteiger partial charge is 0.393 e. The predicted molar refractivity (Wildman–Crippen MR) is 62.7 cm³/mol. The Hall–Kier alpha value is -1.11. The second-order valence-electron chi connectivity index (χ2n) is 5.50. The summed E-state index contributed by atoms with van der Waals surface area (Å²) in [5, 5.41) is 11.5. The first-order valence-corrected chi connectivity index (χ1v) is 6.69. The molecule has 4 nitrogen and oxygen atoms in total. The van der Waals surface area contributed by atoms with Crippen molar-refractivity contribution in [3.63, 3.8) is 0 Å². The minimum absolute atomic E-state index is 0.0234. The number of halogens is 3. The topological polar surface area (TPSA) is 42.7 Å². The third-order valence-corrected chi connectivity index (χ3v) is 4.30. The van der Waals surface area contributed by atoms with Crippen molar-refractivity contribution in [1.29, 1.82) is 0 Å². The van der Waals surface area contributed by atoms with Gasteiger partial charge in [-0.05, 0) is 26.3 Å². The van der Waals surface area contributed by atoms with E-state index in [9.17, 15) is 13.2 Å². The highest BCUT2D eigenvalue weighted by atomic mass is 19.4. The van der Waals surface area contributed by atoms with Crippen molar-refractivity contribution < 1.29 is 13.2 Å². The van der Waals surface area contributed by atoms with Crippen molar-refractivity contribution in [3.05, 3.63) is 11.6 Å². The maximum Gasteiger partial charge on any atom is 0.393 e. The van der Waals surface area contributed by atoms with Gasteiger partial charge in [-0.2, -0.15) is 13.2 Å². The fourth-order valence-electron chi connectivity index (χ4n) is 3.10. The molecule has 19 heavy (non-hydrogen) atoms. The normalized spacial score (nSPS) is 31.5. The van der Waals surface area contributed by atoms with Gasteiger partial charge in [-0.25, -0.2) is 0 Å². The van der Waals surface area contributed by atoms with Crippen molar-refractivity contribution in [2.45, 2.75) is 50.9 Å². The van der Waals surface area contributed by atoms with E-state index in [1.807, 2.05) is 6.92 Å². The first-order chi connectivity index (χ1) is 8.97. The van der Waals surface area contributed by atoms with Gasteiger partial charge >= 0.3 is 6.18 Å². The molecular formula is C12H17F3N4. The van der Waals surface area contributed by atoms with Gasteiger partial charge in [0, 0.05) is 24.9 Å². The summed E-state index contributed by atoms with van der Waals surface area (Å²) in [6.45, 7) is 2.91. The number of alkyl halides is 3. The molecule has 7 heteroatoms. The molecule has 2 aliphatic rings. The van der Waals surface area contributed by atoms with E-state index in [1.54, 1.807) is 4.57 Å². The highest BCUT2D eigenvalue weighted by molar-refractivity contribution is 5.10. The van der Waals surface area contributed by atoms with Crippen LogP contribution in [0.5, 0.6) is 0 Å². The van der Waals surface area contributed by atoms with Crippen LogP contribution in [0.15, 0.2) is 0 Å². The van der Waals surface area contributed by atoms with E-state index in [4.69, 9.17) is 0 Å². The molecule has 3 heterocycles. The van der Waals surface area contributed by atoms with Gasteiger partial charge in [0.2, 0.25) is 0 Å². The third-order valence-electron chi connectivity index (χ3n) is 4.30. The van der Waals surface area contributed by atoms with Crippen LogP contribution in [0.2, 0.25) is 0 Å². The molecule has 1 N–H and O–H groups in total. The van der Waals surface area contributed by atoms with Gasteiger partial charge in [-0.1, -0.05) is 0 Å². The number of rotatable bonds is 1. The minimum atomic E-state index is -4.13. The fourth-order valence-corrected chi connectivity index (χ4v) is 3.10. The smallest absolute Gasteiger partial charge is 0.314 e. The summed E-state index contributed by atoms with van der Waals surface area (Å²) in [4.78, 5) is 0. The summed E-state index contributed by atoms with van der Waals surface area (Å²) in [7, 11) is 0. The standard InChI is InChI=1S/C12H17F3N4/c1-7-9(4-5-16-7)11-18-17-10-3-2-8(6-19(10)11)12(13,14)15/h7-9,16H,2-6H2,1H3. The summed E-state index contributed by atoms with van der Waals surface area (Å²) in [6, 6.07) is 0.250. The van der Waals surface area contributed by atoms with Gasteiger partial charge in [0.05, 0.1) is 5.92 Å². The highest BCUT2D eigenvalue weighted by Crippen LogP contribution is 2.36. The number of hydrogen-bond acceptors (Lipinski definition) is 3. The summed E-state index contributed by atoms with van der Waals surface area (Å²) >= 11 is 0. The van der Waals surface area contributed by atoms with Crippen LogP contribution in [0, 0.1) is 5.92 Å². The van der Waals surface area contributed by atoms with Gasteiger partial charge in [0.1, 0.15) is 11.6 Å². The maximum atomic E-state index is 12.9. The average Bonchev–Trinajstić information content (AvgIpc) is 2.92. The van der Waals surface area contributed by atoms with Gasteiger partial charge in [-0.15, -0.1) is 10.2 Å². The minimum Gasteiger partial charge on any atom is -0.314 e. The quantitative estimate of drug-likeness (QED) is 0.850. The van der Waals surface area contributed by atoms with Crippen LogP contribution in [0.3, 0.4) is 0 Å².